The maximum Gasteiger partial charge on any atom is 0.0795 e. The topological polar surface area (TPSA) is 25.8 Å². The van der Waals surface area contributed by atoms with Crippen LogP contribution >= 0.6 is 11.3 Å². The summed E-state index contributed by atoms with van der Waals surface area (Å²) in [6, 6.07) is 44.6. The molecule has 0 unspecified atom stereocenters. The van der Waals surface area contributed by atoms with Gasteiger partial charge in [-0.25, -0.2) is 0 Å². The van der Waals surface area contributed by atoms with Crippen LogP contribution in [0.25, 0.3) is 53.8 Å². The number of hydrogen-bond donors (Lipinski definition) is 0. The first kappa shape index (κ1) is 30.7. The van der Waals surface area contributed by atoms with Gasteiger partial charge in [0.2, 0.25) is 0 Å². The normalized spacial score (nSPS) is 11.1. The number of rotatable bonds is 4. The molecule has 5 heteroatoms. The Morgan fingerprint density at radius 3 is 2.14 bits per heavy atom. The minimum absolute atomic E-state index is 0. The van der Waals surface area contributed by atoms with Crippen LogP contribution in [0.4, 0.5) is 0 Å². The van der Waals surface area contributed by atoms with Gasteiger partial charge in [0.05, 0.1) is 8.07 Å². The Labute approximate surface area is 272 Å². The first-order chi connectivity index (χ1) is 20.3. The van der Waals surface area contributed by atoms with Crippen LogP contribution in [-0.4, -0.2) is 18.0 Å². The number of nitrogens with zero attached hydrogens (tertiary/aromatic N) is 2. The summed E-state index contributed by atoms with van der Waals surface area (Å²) in [6.07, 6.45) is 3.88. The summed E-state index contributed by atoms with van der Waals surface area (Å²) < 4.78 is 2.59. The predicted octanol–water partition coefficient (Wildman–Crippen LogP) is 9.98. The van der Waals surface area contributed by atoms with Gasteiger partial charge in [-0.15, -0.1) is 59.7 Å². The van der Waals surface area contributed by atoms with E-state index in [-0.39, 0.29) is 20.1 Å². The number of pyridine rings is 2. The molecule has 0 saturated heterocycles. The molecule has 7 aromatic rings. The van der Waals surface area contributed by atoms with E-state index in [9.17, 15) is 0 Å². The van der Waals surface area contributed by atoms with Gasteiger partial charge in [-0.1, -0.05) is 91.3 Å². The monoisotopic (exact) mass is 769 g/mol. The van der Waals surface area contributed by atoms with E-state index in [1.165, 1.54) is 42.0 Å². The van der Waals surface area contributed by atoms with Crippen LogP contribution in [0.3, 0.4) is 0 Å². The third-order valence-corrected chi connectivity index (χ3v) is 10.5. The molecule has 215 valence electrons. The summed E-state index contributed by atoms with van der Waals surface area (Å²) in [5.74, 6) is 0. The molecular formula is C38H32IrN2SSi-2. The third kappa shape index (κ3) is 7.09. The third-order valence-electron chi connectivity index (χ3n) is 7.32. The SMILES string of the molecule is C[Si](C)(C)c1ccc(-c2[c-]cccc2)nc1.Cc1ccnc(-c2[c-]cc3c(c2)sc2cc(-c4ccccc4)ccc23)c1.[Ir]. The zero-order chi connectivity index (χ0) is 29.1. The Morgan fingerprint density at radius 2 is 1.44 bits per heavy atom. The first-order valence-corrected chi connectivity index (χ1v) is 18.5. The Hall–Kier alpha value is -3.73. The summed E-state index contributed by atoms with van der Waals surface area (Å²) in [7, 11) is -1.23. The van der Waals surface area contributed by atoms with E-state index in [0.29, 0.717) is 0 Å². The molecule has 0 fully saturated rings. The minimum atomic E-state index is -1.23. The number of fused-ring (bicyclic) bond motifs is 3. The van der Waals surface area contributed by atoms with Crippen LogP contribution < -0.4 is 5.19 Å². The van der Waals surface area contributed by atoms with Crippen molar-refractivity contribution in [2.75, 3.05) is 0 Å². The molecule has 0 aliphatic heterocycles. The molecule has 0 N–H and O–H groups in total. The fourth-order valence-electron chi connectivity index (χ4n) is 4.91. The van der Waals surface area contributed by atoms with Gasteiger partial charge in [0.15, 0.2) is 0 Å². The molecule has 0 saturated carbocycles. The van der Waals surface area contributed by atoms with E-state index in [0.717, 1.165) is 22.5 Å². The van der Waals surface area contributed by atoms with Crippen LogP contribution in [0.5, 0.6) is 0 Å². The first-order valence-electron chi connectivity index (χ1n) is 14.2. The minimum Gasteiger partial charge on any atom is -0.305 e. The fraction of sp³-hybridized carbons (Fsp3) is 0.105. The second-order valence-electron chi connectivity index (χ2n) is 11.5. The number of hydrogen-bond acceptors (Lipinski definition) is 3. The number of aromatic nitrogens is 2. The average Bonchev–Trinajstić information content (AvgIpc) is 3.39. The number of aryl methyl sites for hydroxylation is 1. The van der Waals surface area contributed by atoms with Crippen molar-refractivity contribution in [2.24, 2.45) is 0 Å². The van der Waals surface area contributed by atoms with Crippen molar-refractivity contribution in [3.05, 3.63) is 139 Å². The van der Waals surface area contributed by atoms with E-state index in [2.05, 4.69) is 128 Å². The van der Waals surface area contributed by atoms with E-state index in [4.69, 9.17) is 0 Å². The standard InChI is InChI=1S/C24H16NS.C14H16NSi.Ir/c1-16-11-12-25-22(13-16)19-8-10-21-20-9-7-18(17-5-3-2-4-6-17)14-23(20)26-24(21)15-19;1-16(2,3)13-9-10-14(15-11-13)12-7-5-4-6-8-12;/h2-7,9-15H,1H3;4-7,9-11H,1-3H3;/q2*-1;. The molecule has 0 aliphatic carbocycles. The maximum absolute atomic E-state index is 4.52. The molecule has 0 spiro atoms. The Bertz CT molecular complexity index is 1960. The summed E-state index contributed by atoms with van der Waals surface area (Å²) in [5, 5.41) is 3.96. The van der Waals surface area contributed by atoms with Crippen LogP contribution in [0.1, 0.15) is 5.56 Å². The molecule has 7 rings (SSSR count). The summed E-state index contributed by atoms with van der Waals surface area (Å²) >= 11 is 1.84. The molecule has 0 bridgehead atoms. The summed E-state index contributed by atoms with van der Waals surface area (Å²) in [6.45, 7) is 9.09. The van der Waals surface area contributed by atoms with Gasteiger partial charge in [0.25, 0.3) is 0 Å². The zero-order valence-corrected chi connectivity index (χ0v) is 28.9. The molecule has 0 atom stereocenters. The second kappa shape index (κ2) is 13.3. The van der Waals surface area contributed by atoms with Gasteiger partial charge in [-0.3, -0.25) is 0 Å². The van der Waals surface area contributed by atoms with Crippen molar-refractivity contribution in [3.63, 3.8) is 0 Å². The van der Waals surface area contributed by atoms with Crippen molar-refractivity contribution in [3.8, 4) is 33.6 Å². The van der Waals surface area contributed by atoms with Crippen molar-refractivity contribution in [2.45, 2.75) is 26.6 Å². The van der Waals surface area contributed by atoms with Crippen LogP contribution in [-0.2, 0) is 20.1 Å². The van der Waals surface area contributed by atoms with Crippen LogP contribution in [0, 0.1) is 19.1 Å². The second-order valence-corrected chi connectivity index (χ2v) is 17.6. The predicted molar refractivity (Wildman–Crippen MR) is 183 cm³/mol. The van der Waals surface area contributed by atoms with E-state index < -0.39 is 8.07 Å². The fourth-order valence-corrected chi connectivity index (χ4v) is 7.11. The van der Waals surface area contributed by atoms with Crippen molar-refractivity contribution < 1.29 is 20.1 Å². The molecule has 0 amide bonds. The molecule has 0 aliphatic rings. The van der Waals surface area contributed by atoms with Crippen molar-refractivity contribution in [1.82, 2.24) is 9.97 Å². The molecule has 3 heterocycles. The van der Waals surface area contributed by atoms with E-state index in [1.807, 2.05) is 54.1 Å². The molecule has 1 radical (unpaired) electrons. The number of benzene rings is 4. The molecule has 4 aromatic carbocycles. The summed E-state index contributed by atoms with van der Waals surface area (Å²) in [5.41, 5.74) is 7.82. The molecular weight excluding hydrogens is 737 g/mol. The smallest absolute Gasteiger partial charge is 0.0795 e. The molecule has 2 nitrogen and oxygen atoms in total. The average molecular weight is 769 g/mol. The van der Waals surface area contributed by atoms with Crippen LogP contribution in [0.2, 0.25) is 19.6 Å². The van der Waals surface area contributed by atoms with Gasteiger partial charge in [0, 0.05) is 37.2 Å². The Balaban J connectivity index is 0.000000188. The quantitative estimate of drug-likeness (QED) is 0.132. The largest absolute Gasteiger partial charge is 0.305 e. The van der Waals surface area contributed by atoms with Crippen molar-refractivity contribution in [1.29, 1.82) is 0 Å². The van der Waals surface area contributed by atoms with Gasteiger partial charge in [-0.05, 0) is 56.8 Å². The molecule has 3 aromatic heterocycles. The van der Waals surface area contributed by atoms with Crippen molar-refractivity contribution >= 4 is 44.8 Å². The Kier molecular flexibility index (Phi) is 9.48. The molecule has 43 heavy (non-hydrogen) atoms. The summed E-state index contributed by atoms with van der Waals surface area (Å²) in [4.78, 5) is 9.02. The van der Waals surface area contributed by atoms with Gasteiger partial charge in [0.1, 0.15) is 0 Å². The van der Waals surface area contributed by atoms with Gasteiger partial charge < -0.3 is 9.97 Å². The van der Waals surface area contributed by atoms with E-state index >= 15 is 0 Å². The Morgan fingerprint density at radius 1 is 0.651 bits per heavy atom. The maximum atomic E-state index is 4.52. The van der Waals surface area contributed by atoms with Crippen LogP contribution in [0.15, 0.2) is 122 Å². The van der Waals surface area contributed by atoms with E-state index in [1.54, 1.807) is 0 Å². The number of thiophene rings is 1. The van der Waals surface area contributed by atoms with Gasteiger partial charge >= 0.3 is 0 Å². The van der Waals surface area contributed by atoms with Gasteiger partial charge in [-0.2, -0.15) is 11.3 Å². The zero-order valence-electron chi connectivity index (χ0n) is 24.7.